The topological polar surface area (TPSA) is 70.5 Å². The summed E-state index contributed by atoms with van der Waals surface area (Å²) in [7, 11) is 7.47. The molecule has 0 fully saturated rings. The van der Waals surface area contributed by atoms with Gasteiger partial charge in [-0.15, -0.1) is 0 Å². The summed E-state index contributed by atoms with van der Waals surface area (Å²) in [5.41, 5.74) is 2.01. The fraction of sp³-hybridized carbons (Fsp3) is 0.375. The summed E-state index contributed by atoms with van der Waals surface area (Å²) in [6, 6.07) is 13.3. The van der Waals surface area contributed by atoms with Crippen LogP contribution in [-0.2, 0) is 11.3 Å². The van der Waals surface area contributed by atoms with E-state index in [1.165, 1.54) is 12.1 Å². The first-order chi connectivity index (χ1) is 15.3. The van der Waals surface area contributed by atoms with Crippen LogP contribution in [0.2, 0.25) is 0 Å². The number of carbonyl (C=O) groups excluding carboxylic acids is 1. The van der Waals surface area contributed by atoms with Crippen molar-refractivity contribution in [3.05, 3.63) is 70.3 Å². The molecule has 0 radical (unpaired) electrons. The maximum atomic E-state index is 13.4. The third-order valence-corrected chi connectivity index (χ3v) is 5.29. The van der Waals surface area contributed by atoms with Crippen LogP contribution in [0.1, 0.15) is 24.4 Å². The van der Waals surface area contributed by atoms with E-state index in [0.717, 1.165) is 12.1 Å². The first-order valence-corrected chi connectivity index (χ1v) is 10.6. The van der Waals surface area contributed by atoms with Crippen molar-refractivity contribution in [3.63, 3.8) is 0 Å². The Morgan fingerprint density at radius 3 is 2.44 bits per heavy atom. The molecule has 170 valence electrons. The molecule has 0 bridgehead atoms. The lowest BCUT2D eigenvalue weighted by Gasteiger charge is -2.22. The van der Waals surface area contributed by atoms with Gasteiger partial charge in [-0.05, 0) is 56.9 Å². The summed E-state index contributed by atoms with van der Waals surface area (Å²) < 4.78 is 15.0. The van der Waals surface area contributed by atoms with Gasteiger partial charge in [0, 0.05) is 27.1 Å². The van der Waals surface area contributed by atoms with Crippen molar-refractivity contribution in [2.45, 2.75) is 25.4 Å². The molecule has 1 N–H and O–H groups in total. The van der Waals surface area contributed by atoms with Gasteiger partial charge in [-0.1, -0.05) is 24.3 Å². The number of benzene rings is 2. The zero-order valence-electron chi connectivity index (χ0n) is 19.0. The highest BCUT2D eigenvalue weighted by atomic mass is 19.1. The Labute approximate surface area is 187 Å². The molecule has 1 atom stereocenters. The lowest BCUT2D eigenvalue weighted by Crippen LogP contribution is -2.33. The maximum absolute atomic E-state index is 13.4. The molecule has 0 saturated carbocycles. The second kappa shape index (κ2) is 10.4. The van der Waals surface area contributed by atoms with Gasteiger partial charge in [0.05, 0.1) is 17.1 Å². The lowest BCUT2D eigenvalue weighted by atomic mass is 10.0. The molecule has 3 aromatic rings. The molecular formula is C24H30FN5O2. The Morgan fingerprint density at radius 2 is 1.78 bits per heavy atom. The number of aryl methyl sites for hydroxylation is 1. The number of hydrogen-bond donors (Lipinski definition) is 1. The molecule has 32 heavy (non-hydrogen) atoms. The fourth-order valence-corrected chi connectivity index (χ4v) is 3.58. The number of aromatic nitrogens is 2. The Morgan fingerprint density at radius 1 is 1.09 bits per heavy atom. The SMILES string of the molecule is CN(C)CCC(NC(=O)CCn1c(=O)c(N(C)C)nc2ccccc21)c1ccc(F)cc1. The van der Waals surface area contributed by atoms with Crippen LogP contribution in [0.5, 0.6) is 0 Å². The minimum absolute atomic E-state index is 0.139. The van der Waals surface area contributed by atoms with E-state index in [1.54, 1.807) is 35.7 Å². The van der Waals surface area contributed by atoms with Crippen molar-refractivity contribution in [3.8, 4) is 0 Å². The molecule has 2 aromatic carbocycles. The quantitative estimate of drug-likeness (QED) is 0.555. The lowest BCUT2D eigenvalue weighted by molar-refractivity contribution is -0.122. The average Bonchev–Trinajstić information content (AvgIpc) is 2.76. The van der Waals surface area contributed by atoms with E-state index in [1.807, 2.05) is 43.3 Å². The highest BCUT2D eigenvalue weighted by Gasteiger charge is 2.17. The maximum Gasteiger partial charge on any atom is 0.293 e. The molecule has 1 amide bonds. The third kappa shape index (κ3) is 5.70. The summed E-state index contributed by atoms with van der Waals surface area (Å²) in [6.07, 6.45) is 0.827. The number of rotatable bonds is 9. The van der Waals surface area contributed by atoms with Crippen LogP contribution in [0.4, 0.5) is 10.2 Å². The number of amides is 1. The molecule has 0 spiro atoms. The van der Waals surface area contributed by atoms with Gasteiger partial charge in [0.25, 0.3) is 5.56 Å². The highest BCUT2D eigenvalue weighted by Crippen LogP contribution is 2.18. The van der Waals surface area contributed by atoms with Gasteiger partial charge in [0.2, 0.25) is 5.91 Å². The number of halogens is 1. The summed E-state index contributed by atoms with van der Waals surface area (Å²) in [4.78, 5) is 34.0. The van der Waals surface area contributed by atoms with Crippen molar-refractivity contribution >= 4 is 22.8 Å². The minimum Gasteiger partial charge on any atom is -0.358 e. The van der Waals surface area contributed by atoms with Crippen LogP contribution < -0.4 is 15.8 Å². The van der Waals surface area contributed by atoms with Crippen LogP contribution in [0.25, 0.3) is 11.0 Å². The fourth-order valence-electron chi connectivity index (χ4n) is 3.58. The van der Waals surface area contributed by atoms with Gasteiger partial charge in [-0.2, -0.15) is 0 Å². The van der Waals surface area contributed by atoms with Gasteiger partial charge >= 0.3 is 0 Å². The Hall–Kier alpha value is -3.26. The molecule has 3 rings (SSSR count). The number of hydrogen-bond acceptors (Lipinski definition) is 5. The number of nitrogens with one attached hydrogen (secondary N) is 1. The standard InChI is InChI=1S/C24H30FN5O2/c1-28(2)15-13-19(17-9-11-18(25)12-10-17)26-22(31)14-16-30-21-8-6-5-7-20(21)27-23(24(30)32)29(3)4/h5-12,19H,13-16H2,1-4H3,(H,26,31). The minimum atomic E-state index is -0.313. The van der Waals surface area contributed by atoms with Gasteiger partial charge < -0.3 is 19.7 Å². The van der Waals surface area contributed by atoms with Crippen LogP contribution in [-0.4, -0.2) is 55.1 Å². The number of fused-ring (bicyclic) bond motifs is 1. The van der Waals surface area contributed by atoms with Crippen LogP contribution in [0.3, 0.4) is 0 Å². The number of carbonyl (C=O) groups is 1. The van der Waals surface area contributed by atoms with E-state index >= 15 is 0 Å². The van der Waals surface area contributed by atoms with Gasteiger partial charge in [0.1, 0.15) is 5.82 Å². The first kappa shape index (κ1) is 23.4. The molecule has 1 unspecified atom stereocenters. The average molecular weight is 440 g/mol. The molecule has 0 aliphatic rings. The van der Waals surface area contributed by atoms with E-state index in [9.17, 15) is 14.0 Å². The predicted octanol–water partition coefficient (Wildman–Crippen LogP) is 2.80. The molecule has 1 aromatic heterocycles. The van der Waals surface area contributed by atoms with Gasteiger partial charge in [-0.3, -0.25) is 9.59 Å². The van der Waals surface area contributed by atoms with Gasteiger partial charge in [0.15, 0.2) is 5.82 Å². The Bertz CT molecular complexity index is 1130. The zero-order valence-corrected chi connectivity index (χ0v) is 19.0. The zero-order chi connectivity index (χ0) is 23.3. The monoisotopic (exact) mass is 439 g/mol. The Kier molecular flexibility index (Phi) is 7.58. The van der Waals surface area contributed by atoms with Crippen LogP contribution >= 0.6 is 0 Å². The van der Waals surface area contributed by atoms with Crippen molar-refractivity contribution in [1.82, 2.24) is 19.8 Å². The molecule has 0 aliphatic heterocycles. The summed E-state index contributed by atoms with van der Waals surface area (Å²) in [5.74, 6) is -0.149. The molecular weight excluding hydrogens is 409 g/mol. The van der Waals surface area contributed by atoms with Crippen LogP contribution in [0.15, 0.2) is 53.3 Å². The second-order valence-electron chi connectivity index (χ2n) is 8.29. The molecule has 0 aliphatic carbocycles. The molecule has 8 heteroatoms. The van der Waals surface area contributed by atoms with E-state index in [4.69, 9.17) is 0 Å². The molecule has 7 nitrogen and oxygen atoms in total. The highest BCUT2D eigenvalue weighted by molar-refractivity contribution is 5.78. The predicted molar refractivity (Wildman–Crippen MR) is 125 cm³/mol. The summed E-state index contributed by atoms with van der Waals surface area (Å²) in [5, 5.41) is 3.05. The van der Waals surface area contributed by atoms with E-state index in [0.29, 0.717) is 23.3 Å². The Balaban J connectivity index is 1.79. The largest absolute Gasteiger partial charge is 0.358 e. The second-order valence-corrected chi connectivity index (χ2v) is 8.29. The normalized spacial score (nSPS) is 12.2. The van der Waals surface area contributed by atoms with E-state index < -0.39 is 0 Å². The van der Waals surface area contributed by atoms with Crippen LogP contribution in [0, 0.1) is 5.82 Å². The molecule has 1 heterocycles. The molecule has 0 saturated heterocycles. The number of para-hydroxylation sites is 2. The summed E-state index contributed by atoms with van der Waals surface area (Å²) >= 11 is 0. The van der Waals surface area contributed by atoms with E-state index in [2.05, 4.69) is 10.3 Å². The smallest absolute Gasteiger partial charge is 0.293 e. The van der Waals surface area contributed by atoms with Crippen molar-refractivity contribution in [1.29, 1.82) is 0 Å². The summed E-state index contributed by atoms with van der Waals surface area (Å²) in [6.45, 7) is 1.00. The number of nitrogens with zero attached hydrogens (tertiary/aromatic N) is 4. The van der Waals surface area contributed by atoms with Gasteiger partial charge in [-0.25, -0.2) is 9.37 Å². The first-order valence-electron chi connectivity index (χ1n) is 10.6. The third-order valence-electron chi connectivity index (χ3n) is 5.29. The van der Waals surface area contributed by atoms with Crippen molar-refractivity contribution < 1.29 is 9.18 Å². The number of anilines is 1. The van der Waals surface area contributed by atoms with Crippen molar-refractivity contribution in [2.24, 2.45) is 0 Å². The van der Waals surface area contributed by atoms with E-state index in [-0.39, 0.29) is 36.3 Å². The van der Waals surface area contributed by atoms with Crippen molar-refractivity contribution in [2.75, 3.05) is 39.6 Å².